The number of hydrogen-bond acceptors (Lipinski definition) is 3. The molecule has 2 aliphatic rings. The van der Waals surface area contributed by atoms with Crippen LogP contribution >= 0.6 is 0 Å². The van der Waals surface area contributed by atoms with E-state index >= 15 is 0 Å². The molecule has 1 N–H and O–H groups in total. The summed E-state index contributed by atoms with van der Waals surface area (Å²) >= 11 is 0. The number of rotatable bonds is 6. The van der Waals surface area contributed by atoms with Crippen molar-refractivity contribution in [3.05, 3.63) is 35.4 Å². The Balaban J connectivity index is 1.39. The van der Waals surface area contributed by atoms with Crippen LogP contribution in [0.3, 0.4) is 0 Å². The minimum Gasteiger partial charge on any atom is -0.359 e. The molecule has 0 atom stereocenters. The SMILES string of the molecule is CNC(=O)CCc1ccc(CC2CCN(C3CCN(C(C)=O)CC3)CC2)cc1. The number of likely N-dealkylation sites (tertiary alicyclic amines) is 2. The van der Waals surface area contributed by atoms with Gasteiger partial charge in [0, 0.05) is 39.5 Å². The first-order valence-electron chi connectivity index (χ1n) is 10.8. The van der Waals surface area contributed by atoms with Crippen LogP contribution in [0.4, 0.5) is 0 Å². The van der Waals surface area contributed by atoms with E-state index in [4.69, 9.17) is 0 Å². The molecule has 28 heavy (non-hydrogen) atoms. The lowest BCUT2D eigenvalue weighted by Crippen LogP contribution is -2.48. The minimum absolute atomic E-state index is 0.0998. The van der Waals surface area contributed by atoms with Gasteiger partial charge >= 0.3 is 0 Å². The minimum atomic E-state index is 0.0998. The van der Waals surface area contributed by atoms with Gasteiger partial charge in [-0.25, -0.2) is 0 Å². The summed E-state index contributed by atoms with van der Waals surface area (Å²) in [4.78, 5) is 27.5. The molecule has 0 spiro atoms. The third-order valence-electron chi connectivity index (χ3n) is 6.54. The Bertz CT molecular complexity index is 642. The summed E-state index contributed by atoms with van der Waals surface area (Å²) in [5.74, 6) is 1.09. The van der Waals surface area contributed by atoms with E-state index in [2.05, 4.69) is 34.5 Å². The van der Waals surface area contributed by atoms with Crippen molar-refractivity contribution in [3.63, 3.8) is 0 Å². The Morgan fingerprint density at radius 1 is 0.964 bits per heavy atom. The monoisotopic (exact) mass is 385 g/mol. The molecule has 1 aromatic rings. The molecule has 0 saturated carbocycles. The zero-order chi connectivity index (χ0) is 19.9. The standard InChI is InChI=1S/C23H35N3O2/c1-18(27)25-15-11-22(12-16-25)26-13-9-21(10-14-26)17-20-5-3-19(4-6-20)7-8-23(28)24-2/h3-6,21-22H,7-17H2,1-2H3,(H,24,28). The fraction of sp³-hybridized carbons (Fsp3) is 0.652. The van der Waals surface area contributed by atoms with E-state index in [1.54, 1.807) is 14.0 Å². The van der Waals surface area contributed by atoms with E-state index in [9.17, 15) is 9.59 Å². The van der Waals surface area contributed by atoms with Crippen molar-refractivity contribution in [3.8, 4) is 0 Å². The van der Waals surface area contributed by atoms with Gasteiger partial charge in [-0.3, -0.25) is 9.59 Å². The van der Waals surface area contributed by atoms with Crippen molar-refractivity contribution in [2.75, 3.05) is 33.2 Å². The molecule has 0 bridgehead atoms. The van der Waals surface area contributed by atoms with Crippen LogP contribution in [0, 0.1) is 5.92 Å². The van der Waals surface area contributed by atoms with E-state index in [0.29, 0.717) is 12.5 Å². The zero-order valence-electron chi connectivity index (χ0n) is 17.5. The molecule has 154 valence electrons. The van der Waals surface area contributed by atoms with Gasteiger partial charge < -0.3 is 15.1 Å². The highest BCUT2D eigenvalue weighted by Gasteiger charge is 2.28. The fourth-order valence-electron chi connectivity index (χ4n) is 4.63. The number of amides is 2. The summed E-state index contributed by atoms with van der Waals surface area (Å²) in [6.07, 6.45) is 7.31. The quantitative estimate of drug-likeness (QED) is 0.819. The van der Waals surface area contributed by atoms with Crippen LogP contribution in [-0.2, 0) is 22.4 Å². The maximum absolute atomic E-state index is 11.5. The first-order chi connectivity index (χ1) is 13.5. The predicted octanol–water partition coefficient (Wildman–Crippen LogP) is 2.63. The zero-order valence-corrected chi connectivity index (χ0v) is 17.5. The van der Waals surface area contributed by atoms with Crippen molar-refractivity contribution in [2.45, 2.75) is 57.9 Å². The van der Waals surface area contributed by atoms with E-state index < -0.39 is 0 Å². The van der Waals surface area contributed by atoms with Gasteiger partial charge in [0.05, 0.1) is 0 Å². The largest absolute Gasteiger partial charge is 0.359 e. The normalized spacial score (nSPS) is 19.6. The second-order valence-electron chi connectivity index (χ2n) is 8.41. The van der Waals surface area contributed by atoms with Gasteiger partial charge in [0.2, 0.25) is 11.8 Å². The Labute approximate surface area is 169 Å². The second kappa shape index (κ2) is 10.1. The highest BCUT2D eigenvalue weighted by molar-refractivity contribution is 5.75. The molecule has 2 heterocycles. The van der Waals surface area contributed by atoms with E-state index in [1.807, 2.05) is 4.90 Å². The molecule has 0 radical (unpaired) electrons. The topological polar surface area (TPSA) is 52.7 Å². The molecular formula is C23H35N3O2. The molecule has 3 rings (SSSR count). The summed E-state index contributed by atoms with van der Waals surface area (Å²) in [6.45, 7) is 5.91. The lowest BCUT2D eigenvalue weighted by atomic mass is 9.88. The summed E-state index contributed by atoms with van der Waals surface area (Å²) in [5, 5.41) is 2.67. The Morgan fingerprint density at radius 2 is 1.57 bits per heavy atom. The van der Waals surface area contributed by atoms with Gasteiger partial charge in [-0.1, -0.05) is 24.3 Å². The maximum Gasteiger partial charge on any atom is 0.220 e. The number of hydrogen-bond donors (Lipinski definition) is 1. The smallest absolute Gasteiger partial charge is 0.220 e. The summed E-state index contributed by atoms with van der Waals surface area (Å²) in [6, 6.07) is 9.49. The molecule has 2 aliphatic heterocycles. The molecule has 0 aliphatic carbocycles. The van der Waals surface area contributed by atoms with Crippen LogP contribution < -0.4 is 5.32 Å². The van der Waals surface area contributed by atoms with Gasteiger partial charge in [-0.05, 0) is 68.7 Å². The van der Waals surface area contributed by atoms with E-state index in [-0.39, 0.29) is 11.8 Å². The molecule has 2 fully saturated rings. The van der Waals surface area contributed by atoms with E-state index in [1.165, 1.54) is 37.1 Å². The van der Waals surface area contributed by atoms with Crippen LogP contribution in [0.25, 0.3) is 0 Å². The first-order valence-corrected chi connectivity index (χ1v) is 10.8. The number of aryl methyl sites for hydroxylation is 1. The third kappa shape index (κ3) is 5.81. The van der Waals surface area contributed by atoms with Crippen molar-refractivity contribution in [2.24, 2.45) is 5.92 Å². The lowest BCUT2D eigenvalue weighted by molar-refractivity contribution is -0.130. The van der Waals surface area contributed by atoms with Crippen molar-refractivity contribution in [1.29, 1.82) is 0 Å². The molecule has 2 saturated heterocycles. The van der Waals surface area contributed by atoms with Crippen LogP contribution in [0.2, 0.25) is 0 Å². The molecule has 1 aromatic carbocycles. The molecule has 5 heteroatoms. The predicted molar refractivity (Wildman–Crippen MR) is 112 cm³/mol. The van der Waals surface area contributed by atoms with Crippen molar-refractivity contribution in [1.82, 2.24) is 15.1 Å². The fourth-order valence-corrected chi connectivity index (χ4v) is 4.63. The maximum atomic E-state index is 11.5. The van der Waals surface area contributed by atoms with Crippen LogP contribution in [0.15, 0.2) is 24.3 Å². The van der Waals surface area contributed by atoms with Gasteiger partial charge in [0.25, 0.3) is 0 Å². The average molecular weight is 386 g/mol. The molecule has 2 amide bonds. The number of benzene rings is 1. The lowest BCUT2D eigenvalue weighted by Gasteiger charge is -2.41. The second-order valence-corrected chi connectivity index (χ2v) is 8.41. The summed E-state index contributed by atoms with van der Waals surface area (Å²) in [7, 11) is 1.69. The van der Waals surface area contributed by atoms with Gasteiger partial charge in [0.15, 0.2) is 0 Å². The van der Waals surface area contributed by atoms with E-state index in [0.717, 1.165) is 44.7 Å². The van der Waals surface area contributed by atoms with Crippen LogP contribution in [0.1, 0.15) is 50.2 Å². The molecular weight excluding hydrogens is 350 g/mol. The van der Waals surface area contributed by atoms with Crippen molar-refractivity contribution >= 4 is 11.8 Å². The number of nitrogens with zero attached hydrogens (tertiary/aromatic N) is 2. The van der Waals surface area contributed by atoms with Gasteiger partial charge in [-0.2, -0.15) is 0 Å². The summed E-state index contributed by atoms with van der Waals surface area (Å²) < 4.78 is 0. The van der Waals surface area contributed by atoms with Crippen LogP contribution in [0.5, 0.6) is 0 Å². The Hall–Kier alpha value is -1.88. The van der Waals surface area contributed by atoms with Gasteiger partial charge in [0.1, 0.15) is 0 Å². The van der Waals surface area contributed by atoms with Gasteiger partial charge in [-0.15, -0.1) is 0 Å². The van der Waals surface area contributed by atoms with Crippen LogP contribution in [-0.4, -0.2) is 60.9 Å². The first kappa shape index (κ1) is 20.8. The molecule has 0 aromatic heterocycles. The van der Waals surface area contributed by atoms with Crippen molar-refractivity contribution < 1.29 is 9.59 Å². The third-order valence-corrected chi connectivity index (χ3v) is 6.54. The highest BCUT2D eigenvalue weighted by atomic mass is 16.2. The number of carbonyl (C=O) groups excluding carboxylic acids is 2. The molecule has 5 nitrogen and oxygen atoms in total. The number of piperidine rings is 2. The Kier molecular flexibility index (Phi) is 7.49. The number of carbonyl (C=O) groups is 2. The average Bonchev–Trinajstić information content (AvgIpc) is 2.73. The molecule has 0 unspecified atom stereocenters. The Morgan fingerprint density at radius 3 is 2.14 bits per heavy atom. The highest BCUT2D eigenvalue weighted by Crippen LogP contribution is 2.26. The summed E-state index contributed by atoms with van der Waals surface area (Å²) in [5.41, 5.74) is 2.65. The number of nitrogens with one attached hydrogen (secondary N) is 1.